The van der Waals surface area contributed by atoms with E-state index in [1.165, 1.54) is 0 Å². The first-order valence-electron chi connectivity index (χ1n) is 10.4. The maximum Gasteiger partial charge on any atom is 0.246 e. The van der Waals surface area contributed by atoms with E-state index in [2.05, 4.69) is 10.6 Å². The number of carbonyl (C=O) groups is 1. The van der Waals surface area contributed by atoms with Gasteiger partial charge < -0.3 is 29.6 Å². The summed E-state index contributed by atoms with van der Waals surface area (Å²) in [5.74, 6) is 2.68. The molecule has 1 aliphatic rings. The van der Waals surface area contributed by atoms with Gasteiger partial charge in [-0.15, -0.1) is 0 Å². The molecule has 32 heavy (non-hydrogen) atoms. The van der Waals surface area contributed by atoms with Gasteiger partial charge in [-0.05, 0) is 55.0 Å². The van der Waals surface area contributed by atoms with Crippen molar-refractivity contribution in [3.63, 3.8) is 0 Å². The van der Waals surface area contributed by atoms with Gasteiger partial charge in [0.2, 0.25) is 5.91 Å². The van der Waals surface area contributed by atoms with Crippen LogP contribution in [0.1, 0.15) is 6.92 Å². The average Bonchev–Trinajstić information content (AvgIpc) is 2.84. The van der Waals surface area contributed by atoms with Crippen molar-refractivity contribution in [3.8, 4) is 34.1 Å². The number of nitrogens with one attached hydrogen (secondary N) is 2. The minimum atomic E-state index is -0.472. The lowest BCUT2D eigenvalue weighted by Crippen LogP contribution is -2.31. The second kappa shape index (κ2) is 9.51. The number of methoxy groups -OCH3 is 2. The predicted octanol–water partition coefficient (Wildman–Crippen LogP) is 4.58. The lowest BCUT2D eigenvalue weighted by atomic mass is 10.0. The minimum absolute atomic E-state index is 0.163. The molecule has 0 aliphatic carbocycles. The van der Waals surface area contributed by atoms with E-state index in [1.807, 2.05) is 49.4 Å². The van der Waals surface area contributed by atoms with Crippen LogP contribution in [0.25, 0.3) is 11.1 Å². The molecule has 3 aromatic rings. The van der Waals surface area contributed by atoms with Gasteiger partial charge in [0.1, 0.15) is 30.8 Å². The van der Waals surface area contributed by atoms with Gasteiger partial charge in [-0.3, -0.25) is 4.79 Å². The predicted molar refractivity (Wildman–Crippen MR) is 124 cm³/mol. The molecule has 1 atom stereocenters. The Hall–Kier alpha value is -3.87. The van der Waals surface area contributed by atoms with Crippen LogP contribution in [-0.2, 0) is 4.79 Å². The number of fused-ring (bicyclic) bond motifs is 1. The fourth-order valence-electron chi connectivity index (χ4n) is 3.48. The van der Waals surface area contributed by atoms with Crippen LogP contribution in [0.5, 0.6) is 23.0 Å². The van der Waals surface area contributed by atoms with Crippen molar-refractivity contribution >= 4 is 17.3 Å². The Bertz CT molecular complexity index is 1100. The molecule has 0 saturated heterocycles. The van der Waals surface area contributed by atoms with Crippen LogP contribution in [0.3, 0.4) is 0 Å². The molecule has 4 rings (SSSR count). The van der Waals surface area contributed by atoms with Gasteiger partial charge in [0.15, 0.2) is 11.5 Å². The molecule has 0 aromatic heterocycles. The van der Waals surface area contributed by atoms with Gasteiger partial charge in [-0.25, -0.2) is 0 Å². The van der Waals surface area contributed by atoms with E-state index in [0.717, 1.165) is 28.3 Å². The average molecular weight is 434 g/mol. The van der Waals surface area contributed by atoms with Gasteiger partial charge in [-0.1, -0.05) is 12.1 Å². The molecule has 0 spiro atoms. The SMILES string of the molecule is COc1ccc(-c2cc(NC(C)C(=O)Nc3ccc4c(c3)OCCO4)ccc2OC)cc1. The molecule has 2 N–H and O–H groups in total. The van der Waals surface area contributed by atoms with Gasteiger partial charge in [0.05, 0.1) is 14.2 Å². The highest BCUT2D eigenvalue weighted by Crippen LogP contribution is 2.34. The van der Waals surface area contributed by atoms with E-state index in [0.29, 0.717) is 30.4 Å². The molecule has 1 amide bonds. The van der Waals surface area contributed by atoms with Crippen molar-refractivity contribution < 1.29 is 23.7 Å². The molecule has 1 heterocycles. The largest absolute Gasteiger partial charge is 0.497 e. The van der Waals surface area contributed by atoms with Gasteiger partial charge in [0, 0.05) is 23.0 Å². The summed E-state index contributed by atoms with van der Waals surface area (Å²) < 4.78 is 21.9. The zero-order valence-electron chi connectivity index (χ0n) is 18.3. The number of hydrogen-bond acceptors (Lipinski definition) is 6. The molecule has 0 fully saturated rings. The van der Waals surface area contributed by atoms with Gasteiger partial charge in [-0.2, -0.15) is 0 Å². The Morgan fingerprint density at radius 1 is 0.875 bits per heavy atom. The number of benzene rings is 3. The number of rotatable bonds is 7. The smallest absolute Gasteiger partial charge is 0.246 e. The summed E-state index contributed by atoms with van der Waals surface area (Å²) in [7, 11) is 3.27. The van der Waals surface area contributed by atoms with E-state index in [9.17, 15) is 4.79 Å². The molecule has 1 unspecified atom stereocenters. The fraction of sp³-hybridized carbons (Fsp3) is 0.240. The van der Waals surface area contributed by atoms with E-state index in [1.54, 1.807) is 32.4 Å². The summed E-state index contributed by atoms with van der Waals surface area (Å²) in [6.45, 7) is 2.83. The topological polar surface area (TPSA) is 78.1 Å². The number of carbonyl (C=O) groups excluding carboxylic acids is 1. The van der Waals surface area contributed by atoms with E-state index in [4.69, 9.17) is 18.9 Å². The van der Waals surface area contributed by atoms with Crippen molar-refractivity contribution in [2.24, 2.45) is 0 Å². The molecular formula is C25H26N2O5. The maximum absolute atomic E-state index is 12.7. The van der Waals surface area contributed by atoms with Gasteiger partial charge in [0.25, 0.3) is 0 Å². The summed E-state index contributed by atoms with van der Waals surface area (Å²) >= 11 is 0. The third kappa shape index (κ3) is 4.72. The summed E-state index contributed by atoms with van der Waals surface area (Å²) in [6.07, 6.45) is 0. The summed E-state index contributed by atoms with van der Waals surface area (Å²) in [5, 5.41) is 6.18. The number of hydrogen-bond donors (Lipinski definition) is 2. The van der Waals surface area contributed by atoms with Crippen LogP contribution in [0.15, 0.2) is 60.7 Å². The van der Waals surface area contributed by atoms with Crippen LogP contribution in [0, 0.1) is 0 Å². The minimum Gasteiger partial charge on any atom is -0.497 e. The van der Waals surface area contributed by atoms with Crippen molar-refractivity contribution in [1.82, 2.24) is 0 Å². The molecule has 166 valence electrons. The van der Waals surface area contributed by atoms with E-state index < -0.39 is 6.04 Å². The van der Waals surface area contributed by atoms with Crippen LogP contribution >= 0.6 is 0 Å². The number of amides is 1. The summed E-state index contributed by atoms with van der Waals surface area (Å²) in [5.41, 5.74) is 3.36. The quantitative estimate of drug-likeness (QED) is 0.567. The highest BCUT2D eigenvalue weighted by molar-refractivity contribution is 5.96. The van der Waals surface area contributed by atoms with Gasteiger partial charge >= 0.3 is 0 Å². The first-order valence-corrected chi connectivity index (χ1v) is 10.4. The van der Waals surface area contributed by atoms with Crippen LogP contribution in [0.2, 0.25) is 0 Å². The lowest BCUT2D eigenvalue weighted by molar-refractivity contribution is -0.116. The van der Waals surface area contributed by atoms with Crippen LogP contribution in [0.4, 0.5) is 11.4 Å². The number of anilines is 2. The summed E-state index contributed by atoms with van der Waals surface area (Å²) in [6, 6.07) is 18.4. The van der Waals surface area contributed by atoms with E-state index in [-0.39, 0.29) is 5.91 Å². The highest BCUT2D eigenvalue weighted by Gasteiger charge is 2.17. The second-order valence-electron chi connectivity index (χ2n) is 7.36. The van der Waals surface area contributed by atoms with E-state index >= 15 is 0 Å². The van der Waals surface area contributed by atoms with Crippen LogP contribution < -0.4 is 29.6 Å². The lowest BCUT2D eigenvalue weighted by Gasteiger charge is -2.20. The molecule has 0 saturated carbocycles. The Balaban J connectivity index is 1.47. The highest BCUT2D eigenvalue weighted by atomic mass is 16.6. The third-order valence-corrected chi connectivity index (χ3v) is 5.19. The zero-order chi connectivity index (χ0) is 22.5. The Kier molecular flexibility index (Phi) is 6.35. The Morgan fingerprint density at radius 2 is 1.59 bits per heavy atom. The third-order valence-electron chi connectivity index (χ3n) is 5.19. The molecule has 0 radical (unpaired) electrons. The molecule has 0 bridgehead atoms. The first-order chi connectivity index (χ1) is 15.6. The van der Waals surface area contributed by atoms with Crippen molar-refractivity contribution in [2.75, 3.05) is 38.1 Å². The molecular weight excluding hydrogens is 408 g/mol. The van der Waals surface area contributed by atoms with Crippen LogP contribution in [-0.4, -0.2) is 39.4 Å². The molecule has 7 heteroatoms. The standard InChI is InChI=1S/C25H26N2O5/c1-16(25(28)27-19-7-11-23-24(15-19)32-13-12-31-23)26-18-6-10-22(30-3)21(14-18)17-4-8-20(29-2)9-5-17/h4-11,14-16,26H,12-13H2,1-3H3,(H,27,28). The normalized spacial score (nSPS) is 13.1. The molecule has 7 nitrogen and oxygen atoms in total. The summed E-state index contributed by atoms with van der Waals surface area (Å²) in [4.78, 5) is 12.7. The van der Waals surface area contributed by atoms with Crippen molar-refractivity contribution in [2.45, 2.75) is 13.0 Å². The molecule has 3 aromatic carbocycles. The monoisotopic (exact) mass is 434 g/mol. The fourth-order valence-corrected chi connectivity index (χ4v) is 3.48. The number of ether oxygens (including phenoxy) is 4. The first kappa shape index (κ1) is 21.4. The second-order valence-corrected chi connectivity index (χ2v) is 7.36. The Morgan fingerprint density at radius 3 is 2.31 bits per heavy atom. The zero-order valence-corrected chi connectivity index (χ0v) is 18.3. The van der Waals surface area contributed by atoms with Crippen molar-refractivity contribution in [1.29, 1.82) is 0 Å². The maximum atomic E-state index is 12.7. The van der Waals surface area contributed by atoms with Crippen molar-refractivity contribution in [3.05, 3.63) is 60.7 Å². The molecule has 1 aliphatic heterocycles. The Labute approximate surface area is 187 Å².